The van der Waals surface area contributed by atoms with Crippen LogP contribution in [0.15, 0.2) is 0 Å². The number of rotatable bonds is 4. The summed E-state index contributed by atoms with van der Waals surface area (Å²) >= 11 is 3.12. The Morgan fingerprint density at radius 2 is 2.33 bits per heavy atom. The van der Waals surface area contributed by atoms with Gasteiger partial charge in [-0.25, -0.2) is 0 Å². The Bertz CT molecular complexity index is 234. The second-order valence-corrected chi connectivity index (χ2v) is 4.81. The minimum atomic E-state index is 0.725. The molecule has 0 saturated carbocycles. The third-order valence-corrected chi connectivity index (χ3v) is 3.25. The molecule has 1 heterocycles. The maximum Gasteiger partial charge on any atom is 0.131 e. The molecule has 1 rings (SSSR count). The standard InChI is InChI=1S/C7H13N3S2/c1-5(2)3-11-4-6-7(8)12-10-9-6/h5H,3-4,8H2,1-2H3. The Hall–Kier alpha value is -0.290. The second kappa shape index (κ2) is 4.67. The minimum absolute atomic E-state index is 0.725. The van der Waals surface area contributed by atoms with Gasteiger partial charge in [0.05, 0.1) is 0 Å². The van der Waals surface area contributed by atoms with E-state index < -0.39 is 0 Å². The van der Waals surface area contributed by atoms with Crippen LogP contribution in [0, 0.1) is 5.92 Å². The lowest BCUT2D eigenvalue weighted by Crippen LogP contribution is -1.94. The summed E-state index contributed by atoms with van der Waals surface area (Å²) in [5.74, 6) is 2.76. The third-order valence-electron chi connectivity index (χ3n) is 1.28. The summed E-state index contributed by atoms with van der Waals surface area (Å²) in [5.41, 5.74) is 6.57. The molecular formula is C7H13N3S2. The molecule has 0 aliphatic rings. The van der Waals surface area contributed by atoms with Crippen molar-refractivity contribution in [3.8, 4) is 0 Å². The number of hydrogen-bond acceptors (Lipinski definition) is 5. The van der Waals surface area contributed by atoms with Crippen molar-refractivity contribution < 1.29 is 0 Å². The zero-order valence-corrected chi connectivity index (χ0v) is 8.91. The summed E-state index contributed by atoms with van der Waals surface area (Å²) < 4.78 is 3.77. The van der Waals surface area contributed by atoms with Gasteiger partial charge in [-0.15, -0.1) is 5.10 Å². The highest BCUT2D eigenvalue weighted by molar-refractivity contribution is 7.98. The Morgan fingerprint density at radius 1 is 1.58 bits per heavy atom. The number of anilines is 1. The van der Waals surface area contributed by atoms with Gasteiger partial charge in [0.2, 0.25) is 0 Å². The molecule has 0 radical (unpaired) electrons. The van der Waals surface area contributed by atoms with Crippen molar-refractivity contribution in [1.82, 2.24) is 9.59 Å². The van der Waals surface area contributed by atoms with E-state index in [2.05, 4.69) is 23.4 Å². The second-order valence-electron chi connectivity index (χ2n) is 2.99. The van der Waals surface area contributed by atoms with E-state index >= 15 is 0 Å². The summed E-state index contributed by atoms with van der Waals surface area (Å²) in [7, 11) is 0. The van der Waals surface area contributed by atoms with Gasteiger partial charge in [0.25, 0.3) is 0 Å². The summed E-state index contributed by atoms with van der Waals surface area (Å²) in [6.45, 7) is 4.41. The molecule has 1 aromatic heterocycles. The van der Waals surface area contributed by atoms with Crippen LogP contribution in [-0.4, -0.2) is 15.3 Å². The fourth-order valence-electron chi connectivity index (χ4n) is 0.707. The average molecular weight is 203 g/mol. The van der Waals surface area contributed by atoms with Gasteiger partial charge < -0.3 is 5.73 Å². The predicted molar refractivity (Wildman–Crippen MR) is 55.3 cm³/mol. The monoisotopic (exact) mass is 203 g/mol. The molecule has 1 aromatic rings. The lowest BCUT2D eigenvalue weighted by molar-refractivity contribution is 0.750. The molecular weight excluding hydrogens is 190 g/mol. The molecule has 68 valence electrons. The molecule has 0 unspecified atom stereocenters. The molecule has 3 nitrogen and oxygen atoms in total. The highest BCUT2D eigenvalue weighted by atomic mass is 32.2. The van der Waals surface area contributed by atoms with Gasteiger partial charge in [-0.2, -0.15) is 11.8 Å². The maximum atomic E-state index is 5.64. The first kappa shape index (κ1) is 9.80. The average Bonchev–Trinajstić information content (AvgIpc) is 2.36. The van der Waals surface area contributed by atoms with Crippen molar-refractivity contribution in [3.05, 3.63) is 5.69 Å². The lowest BCUT2D eigenvalue weighted by Gasteiger charge is -2.01. The number of nitrogens with zero attached hydrogens (tertiary/aromatic N) is 2. The smallest absolute Gasteiger partial charge is 0.131 e. The van der Waals surface area contributed by atoms with Crippen LogP contribution in [0.4, 0.5) is 5.00 Å². The fourth-order valence-corrected chi connectivity index (χ4v) is 2.24. The third kappa shape index (κ3) is 2.98. The molecule has 0 aliphatic carbocycles. The molecule has 0 bridgehead atoms. The van der Waals surface area contributed by atoms with Crippen LogP contribution >= 0.6 is 23.3 Å². The van der Waals surface area contributed by atoms with Gasteiger partial charge in [0, 0.05) is 17.3 Å². The Labute approximate surface area is 80.9 Å². The molecule has 0 aromatic carbocycles. The first-order chi connectivity index (χ1) is 5.70. The van der Waals surface area contributed by atoms with Crippen LogP contribution in [0.2, 0.25) is 0 Å². The molecule has 5 heteroatoms. The maximum absolute atomic E-state index is 5.64. The van der Waals surface area contributed by atoms with E-state index in [9.17, 15) is 0 Å². The molecule has 0 spiro atoms. The first-order valence-electron chi connectivity index (χ1n) is 3.84. The van der Waals surface area contributed by atoms with E-state index in [1.54, 1.807) is 0 Å². The summed E-state index contributed by atoms with van der Waals surface area (Å²) in [5, 5.41) is 4.69. The van der Waals surface area contributed by atoms with E-state index in [-0.39, 0.29) is 0 Å². The number of aromatic nitrogens is 2. The van der Waals surface area contributed by atoms with Crippen molar-refractivity contribution in [2.75, 3.05) is 11.5 Å². The van der Waals surface area contributed by atoms with Crippen molar-refractivity contribution in [1.29, 1.82) is 0 Å². The molecule has 0 saturated heterocycles. The molecule has 0 atom stereocenters. The van der Waals surface area contributed by atoms with E-state index in [4.69, 9.17) is 5.73 Å². The number of hydrogen-bond donors (Lipinski definition) is 1. The SMILES string of the molecule is CC(C)CSCc1nnsc1N. The highest BCUT2D eigenvalue weighted by Gasteiger charge is 2.03. The Balaban J connectivity index is 2.29. The zero-order valence-electron chi connectivity index (χ0n) is 7.28. The van der Waals surface area contributed by atoms with Gasteiger partial charge >= 0.3 is 0 Å². The van der Waals surface area contributed by atoms with Crippen LogP contribution in [0.3, 0.4) is 0 Å². The van der Waals surface area contributed by atoms with E-state index in [1.165, 1.54) is 11.5 Å². The number of nitrogen functional groups attached to an aromatic ring is 1. The van der Waals surface area contributed by atoms with Crippen molar-refractivity contribution >= 4 is 28.3 Å². The van der Waals surface area contributed by atoms with Gasteiger partial charge in [-0.1, -0.05) is 18.3 Å². The quantitative estimate of drug-likeness (QED) is 0.813. The van der Waals surface area contributed by atoms with E-state index in [0.717, 1.165) is 28.1 Å². The van der Waals surface area contributed by atoms with Crippen LogP contribution in [0.5, 0.6) is 0 Å². The minimum Gasteiger partial charge on any atom is -0.388 e. The van der Waals surface area contributed by atoms with Crippen LogP contribution in [0.1, 0.15) is 19.5 Å². The van der Waals surface area contributed by atoms with Gasteiger partial charge in [0.1, 0.15) is 10.7 Å². The van der Waals surface area contributed by atoms with Crippen molar-refractivity contribution in [2.45, 2.75) is 19.6 Å². The lowest BCUT2D eigenvalue weighted by atomic mass is 10.3. The largest absolute Gasteiger partial charge is 0.388 e. The Morgan fingerprint density at radius 3 is 2.83 bits per heavy atom. The van der Waals surface area contributed by atoms with Crippen molar-refractivity contribution in [2.24, 2.45) is 5.92 Å². The summed E-state index contributed by atoms with van der Waals surface area (Å²) in [6, 6.07) is 0. The van der Waals surface area contributed by atoms with E-state index in [0.29, 0.717) is 0 Å². The molecule has 2 N–H and O–H groups in total. The molecule has 0 amide bonds. The Kier molecular flexibility index (Phi) is 3.81. The van der Waals surface area contributed by atoms with Gasteiger partial charge in [-0.3, -0.25) is 0 Å². The fraction of sp³-hybridized carbons (Fsp3) is 0.714. The van der Waals surface area contributed by atoms with Crippen LogP contribution in [0.25, 0.3) is 0 Å². The number of nitrogens with two attached hydrogens (primary N) is 1. The summed E-state index contributed by atoms with van der Waals surface area (Å²) in [4.78, 5) is 0. The van der Waals surface area contributed by atoms with Crippen molar-refractivity contribution in [3.63, 3.8) is 0 Å². The molecule has 0 aliphatic heterocycles. The number of thioether (sulfide) groups is 1. The highest BCUT2D eigenvalue weighted by Crippen LogP contribution is 2.20. The normalized spacial score (nSPS) is 10.9. The topological polar surface area (TPSA) is 51.8 Å². The predicted octanol–water partition coefficient (Wildman–Crippen LogP) is 2.01. The van der Waals surface area contributed by atoms with Gasteiger partial charge in [0.15, 0.2) is 0 Å². The first-order valence-corrected chi connectivity index (χ1v) is 5.77. The molecule has 12 heavy (non-hydrogen) atoms. The van der Waals surface area contributed by atoms with Gasteiger partial charge in [-0.05, 0) is 11.7 Å². The molecule has 0 fully saturated rings. The van der Waals surface area contributed by atoms with Crippen LogP contribution in [-0.2, 0) is 5.75 Å². The van der Waals surface area contributed by atoms with Crippen LogP contribution < -0.4 is 5.73 Å². The summed E-state index contributed by atoms with van der Waals surface area (Å²) in [6.07, 6.45) is 0. The zero-order chi connectivity index (χ0) is 8.97. The van der Waals surface area contributed by atoms with E-state index in [1.807, 2.05) is 11.8 Å².